The van der Waals surface area contributed by atoms with E-state index in [4.69, 9.17) is 14.2 Å². The second-order valence-electron chi connectivity index (χ2n) is 12.8. The zero-order valence-corrected chi connectivity index (χ0v) is 29.5. The molecule has 0 saturated carbocycles. The van der Waals surface area contributed by atoms with E-state index in [1.165, 1.54) is 16.7 Å². The van der Waals surface area contributed by atoms with Gasteiger partial charge >= 0.3 is 0 Å². The van der Waals surface area contributed by atoms with Crippen LogP contribution in [-0.2, 0) is 44.3 Å². The molecule has 0 bridgehead atoms. The lowest BCUT2D eigenvalue weighted by atomic mass is 9.81. The van der Waals surface area contributed by atoms with Gasteiger partial charge in [-0.1, -0.05) is 130 Å². The summed E-state index contributed by atoms with van der Waals surface area (Å²) in [7, 11) is 0. The number of ether oxygens (including phenoxy) is 3. The topological polar surface area (TPSA) is 47.9 Å². The molecule has 0 amide bonds. The van der Waals surface area contributed by atoms with E-state index < -0.39 is 22.1 Å². The van der Waals surface area contributed by atoms with Crippen LogP contribution in [0.15, 0.2) is 109 Å². The molecule has 0 unspecified atom stereocenters. The minimum Gasteiger partial charge on any atom is -0.370 e. The van der Waals surface area contributed by atoms with Crippen molar-refractivity contribution in [3.8, 4) is 0 Å². The maximum atomic E-state index is 13.5. The highest BCUT2D eigenvalue weighted by atomic mass is 32.2. The molecule has 0 aromatic heterocycles. The third-order valence-corrected chi connectivity index (χ3v) is 13.2. The van der Waals surface area contributed by atoms with Crippen LogP contribution < -0.4 is 0 Å². The van der Waals surface area contributed by atoms with Gasteiger partial charge in [-0.2, -0.15) is 0 Å². The molecule has 2 heterocycles. The minimum atomic E-state index is -1.67. The van der Waals surface area contributed by atoms with Gasteiger partial charge in [-0.25, -0.2) is 0 Å². The predicted molar refractivity (Wildman–Crippen MR) is 196 cm³/mol. The number of benzene rings is 4. The fourth-order valence-corrected chi connectivity index (χ4v) is 10.6. The molecule has 0 spiro atoms. The Labute approximate surface area is 289 Å². The standard InChI is InChI=1S/C41H48O4S2/c1-4-31-21-23-32(24-22-31)27-35-19-12-13-20-36(35)41(46-25-14-26-47-41)40(42)39(44-29-34-17-10-7-11-18-34)38(30(3)37(5-2)45-40)43-28-33-15-8-6-9-16-33/h6-13,15-24,30,37-39,42H,4-5,14,25-29H2,1-3H3/t30-,37-,38+,39-,40-/m1/s1. The predicted octanol–water partition coefficient (Wildman–Crippen LogP) is 9.17. The van der Waals surface area contributed by atoms with E-state index in [0.717, 1.165) is 53.9 Å². The molecule has 6 heteroatoms. The van der Waals surface area contributed by atoms with Crippen molar-refractivity contribution in [3.63, 3.8) is 0 Å². The molecule has 2 aliphatic rings. The van der Waals surface area contributed by atoms with E-state index in [0.29, 0.717) is 13.2 Å². The molecule has 6 rings (SSSR count). The summed E-state index contributed by atoms with van der Waals surface area (Å²) in [5.41, 5.74) is 7.05. The minimum absolute atomic E-state index is 0.00715. The van der Waals surface area contributed by atoms with Gasteiger partial charge in [0.25, 0.3) is 0 Å². The summed E-state index contributed by atoms with van der Waals surface area (Å²) in [6.07, 6.45) is 2.30. The van der Waals surface area contributed by atoms with Crippen molar-refractivity contribution in [3.05, 3.63) is 143 Å². The van der Waals surface area contributed by atoms with Crippen LogP contribution in [0.1, 0.15) is 67.0 Å². The van der Waals surface area contributed by atoms with Crippen LogP contribution in [0.25, 0.3) is 0 Å². The fourth-order valence-electron chi connectivity index (χ4n) is 7.00. The van der Waals surface area contributed by atoms with Crippen LogP contribution in [-0.4, -0.2) is 40.7 Å². The average Bonchev–Trinajstić information content (AvgIpc) is 3.13. The number of rotatable bonds is 12. The van der Waals surface area contributed by atoms with Crippen molar-refractivity contribution in [2.75, 3.05) is 11.5 Å². The molecule has 2 saturated heterocycles. The van der Waals surface area contributed by atoms with Crippen LogP contribution in [0.4, 0.5) is 0 Å². The average molecular weight is 669 g/mol. The smallest absolute Gasteiger partial charge is 0.224 e. The van der Waals surface area contributed by atoms with E-state index in [1.54, 1.807) is 0 Å². The van der Waals surface area contributed by atoms with E-state index in [1.807, 2.05) is 59.9 Å². The molecule has 5 atom stereocenters. The first-order valence-corrected chi connectivity index (χ1v) is 19.1. The van der Waals surface area contributed by atoms with E-state index >= 15 is 0 Å². The second-order valence-corrected chi connectivity index (χ2v) is 15.6. The molecule has 4 nitrogen and oxygen atoms in total. The lowest BCUT2D eigenvalue weighted by Gasteiger charge is -2.58. The van der Waals surface area contributed by atoms with Gasteiger partial charge in [-0.05, 0) is 70.6 Å². The van der Waals surface area contributed by atoms with Crippen molar-refractivity contribution >= 4 is 23.5 Å². The summed E-state index contributed by atoms with van der Waals surface area (Å²) in [6.45, 7) is 7.30. The Kier molecular flexibility index (Phi) is 11.5. The fraction of sp³-hybridized carbons (Fsp3) is 0.415. The molecule has 4 aromatic rings. The highest BCUT2D eigenvalue weighted by Crippen LogP contribution is 2.62. The molecule has 248 valence electrons. The van der Waals surface area contributed by atoms with Crippen LogP contribution in [0, 0.1) is 5.92 Å². The number of thioether (sulfide) groups is 2. The van der Waals surface area contributed by atoms with Crippen LogP contribution in [0.5, 0.6) is 0 Å². The zero-order chi connectivity index (χ0) is 32.7. The monoisotopic (exact) mass is 668 g/mol. The van der Waals surface area contributed by atoms with E-state index in [-0.39, 0.29) is 12.0 Å². The Balaban J connectivity index is 1.44. The number of aliphatic hydroxyl groups is 1. The van der Waals surface area contributed by atoms with Crippen LogP contribution >= 0.6 is 23.5 Å². The van der Waals surface area contributed by atoms with Gasteiger partial charge in [0.1, 0.15) is 10.2 Å². The van der Waals surface area contributed by atoms with Gasteiger partial charge in [0, 0.05) is 5.92 Å². The lowest BCUT2D eigenvalue weighted by Crippen LogP contribution is -2.69. The van der Waals surface area contributed by atoms with Crippen LogP contribution in [0.3, 0.4) is 0 Å². The Morgan fingerprint density at radius 1 is 0.723 bits per heavy atom. The molecule has 0 radical (unpaired) electrons. The van der Waals surface area contributed by atoms with Crippen LogP contribution in [0.2, 0.25) is 0 Å². The first-order chi connectivity index (χ1) is 23.0. The van der Waals surface area contributed by atoms with Gasteiger partial charge in [0.15, 0.2) is 0 Å². The largest absolute Gasteiger partial charge is 0.370 e. The molecule has 2 fully saturated rings. The van der Waals surface area contributed by atoms with Gasteiger partial charge in [0.2, 0.25) is 5.79 Å². The first-order valence-electron chi connectivity index (χ1n) is 17.1. The maximum Gasteiger partial charge on any atom is 0.224 e. The first kappa shape index (κ1) is 34.3. The summed E-state index contributed by atoms with van der Waals surface area (Å²) >= 11 is 3.62. The molecule has 0 aliphatic carbocycles. The van der Waals surface area contributed by atoms with E-state index in [2.05, 4.69) is 93.6 Å². The second kappa shape index (κ2) is 15.8. The molecule has 1 N–H and O–H groups in total. The van der Waals surface area contributed by atoms with Gasteiger partial charge < -0.3 is 19.3 Å². The molecule has 47 heavy (non-hydrogen) atoms. The van der Waals surface area contributed by atoms with Crippen molar-refractivity contribution < 1.29 is 19.3 Å². The Hall–Kier alpha value is -2.58. The Morgan fingerprint density at radius 3 is 1.91 bits per heavy atom. The maximum absolute atomic E-state index is 13.5. The van der Waals surface area contributed by atoms with Crippen molar-refractivity contribution in [2.24, 2.45) is 5.92 Å². The van der Waals surface area contributed by atoms with E-state index in [9.17, 15) is 5.11 Å². The summed E-state index contributed by atoms with van der Waals surface area (Å²) in [6, 6.07) is 38.1. The highest BCUT2D eigenvalue weighted by Gasteiger charge is 2.66. The van der Waals surface area contributed by atoms with Gasteiger partial charge in [0.05, 0.1) is 25.4 Å². The number of hydrogen-bond acceptors (Lipinski definition) is 6. The van der Waals surface area contributed by atoms with Gasteiger partial charge in [-0.3, -0.25) is 0 Å². The zero-order valence-electron chi connectivity index (χ0n) is 27.8. The SMILES string of the molecule is CCc1ccc(Cc2ccccc2C2([C@]3(O)O[C@H](CC)[C@@H](C)[C@H](OCc4ccccc4)[C@H]3OCc3ccccc3)SCCCS2)cc1. The van der Waals surface area contributed by atoms with Gasteiger partial charge in [-0.15, -0.1) is 23.5 Å². The lowest BCUT2D eigenvalue weighted by molar-refractivity contribution is -0.357. The van der Waals surface area contributed by atoms with Crippen molar-refractivity contribution in [2.45, 2.75) is 87.8 Å². The molecular formula is C41H48O4S2. The molecule has 4 aromatic carbocycles. The summed E-state index contributed by atoms with van der Waals surface area (Å²) < 4.78 is 20.0. The summed E-state index contributed by atoms with van der Waals surface area (Å²) in [5.74, 6) is 0.179. The summed E-state index contributed by atoms with van der Waals surface area (Å²) in [5, 5.41) is 13.5. The highest BCUT2D eigenvalue weighted by molar-refractivity contribution is 8.18. The quantitative estimate of drug-likeness (QED) is 0.163. The third-order valence-electron chi connectivity index (χ3n) is 9.65. The number of aryl methyl sites for hydroxylation is 1. The normalized spacial score (nSPS) is 25.8. The Bertz CT molecular complexity index is 1540. The van der Waals surface area contributed by atoms with Crippen molar-refractivity contribution in [1.29, 1.82) is 0 Å². The molecule has 2 aliphatic heterocycles. The third kappa shape index (κ3) is 7.39. The number of hydrogen-bond donors (Lipinski definition) is 1. The Morgan fingerprint density at radius 2 is 1.30 bits per heavy atom. The summed E-state index contributed by atoms with van der Waals surface area (Å²) in [4.78, 5) is 0. The van der Waals surface area contributed by atoms with Crippen molar-refractivity contribution in [1.82, 2.24) is 0 Å². The molecular weight excluding hydrogens is 621 g/mol.